The largest absolute Gasteiger partial charge is 0.438 e. The van der Waals surface area contributed by atoms with Gasteiger partial charge in [-0.15, -0.1) is 0 Å². The minimum Gasteiger partial charge on any atom is -0.438 e. The zero-order valence-corrected chi connectivity index (χ0v) is 23.4. The fraction of sp³-hybridized carbons (Fsp3) is 0.438. The number of carbonyl (C=O) groups is 1. The number of aromatic nitrogens is 1. The predicted octanol–water partition coefficient (Wildman–Crippen LogP) is 6.52. The Morgan fingerprint density at radius 3 is 2.16 bits per heavy atom. The molecule has 4 rings (SSSR count). The highest BCUT2D eigenvalue weighted by Crippen LogP contribution is 2.42. The molecule has 6 nitrogen and oxygen atoms in total. The van der Waals surface area contributed by atoms with Crippen molar-refractivity contribution in [2.45, 2.75) is 78.2 Å². The molecule has 2 atom stereocenters. The molecule has 2 heterocycles. The van der Waals surface area contributed by atoms with Crippen LogP contribution in [-0.4, -0.2) is 32.8 Å². The van der Waals surface area contributed by atoms with Gasteiger partial charge in [-0.2, -0.15) is 0 Å². The van der Waals surface area contributed by atoms with E-state index >= 15 is 0 Å². The van der Waals surface area contributed by atoms with Crippen molar-refractivity contribution < 1.29 is 14.6 Å². The molecule has 0 saturated carbocycles. The van der Waals surface area contributed by atoms with Crippen molar-refractivity contribution in [3.8, 4) is 11.1 Å². The second-order valence-corrected chi connectivity index (χ2v) is 12.4. The molecule has 1 saturated heterocycles. The van der Waals surface area contributed by atoms with E-state index in [0.717, 1.165) is 22.3 Å². The van der Waals surface area contributed by atoms with Gasteiger partial charge >= 0.3 is 6.09 Å². The predicted molar refractivity (Wildman–Crippen MR) is 151 cm³/mol. The fourth-order valence-electron chi connectivity index (χ4n) is 5.35. The van der Waals surface area contributed by atoms with Gasteiger partial charge in [0.1, 0.15) is 5.60 Å². The lowest BCUT2D eigenvalue weighted by molar-refractivity contribution is -0.101. The minimum absolute atomic E-state index is 0.0149. The lowest BCUT2D eigenvalue weighted by atomic mass is 9.80. The third kappa shape index (κ3) is 6.36. The zero-order chi connectivity index (χ0) is 27.7. The van der Waals surface area contributed by atoms with E-state index < -0.39 is 11.2 Å². The number of nitrogens with zero attached hydrogens (tertiary/aromatic N) is 2. The number of rotatable bonds is 7. The molecule has 1 fully saturated rings. The Bertz CT molecular complexity index is 1320. The Balaban J connectivity index is 1.50. The first-order valence-corrected chi connectivity index (χ1v) is 13.3. The van der Waals surface area contributed by atoms with Gasteiger partial charge in [-0.1, -0.05) is 75.4 Å². The molecule has 6 heteroatoms. The minimum atomic E-state index is -0.993. The number of hydrogen-bond donors (Lipinski definition) is 1. The molecule has 38 heavy (non-hydrogen) atoms. The van der Waals surface area contributed by atoms with Gasteiger partial charge in [0.05, 0.1) is 11.6 Å². The lowest BCUT2D eigenvalue weighted by Gasteiger charge is -2.45. The number of pyridine rings is 1. The van der Waals surface area contributed by atoms with Crippen LogP contribution in [0.3, 0.4) is 0 Å². The molecule has 0 aliphatic carbocycles. The summed E-state index contributed by atoms with van der Waals surface area (Å²) >= 11 is 0. The van der Waals surface area contributed by atoms with E-state index in [1.165, 1.54) is 0 Å². The number of cyclic esters (lactones) is 1. The van der Waals surface area contributed by atoms with Crippen molar-refractivity contribution >= 4 is 6.09 Å². The molecule has 0 bridgehead atoms. The summed E-state index contributed by atoms with van der Waals surface area (Å²) < 4.78 is 7.88. The maximum atomic E-state index is 13.3. The smallest absolute Gasteiger partial charge is 0.411 e. The van der Waals surface area contributed by atoms with Gasteiger partial charge in [0.2, 0.25) is 0 Å². The number of benzene rings is 2. The highest BCUT2D eigenvalue weighted by Gasteiger charge is 2.46. The summed E-state index contributed by atoms with van der Waals surface area (Å²) in [5, 5.41) is 10.6. The van der Waals surface area contributed by atoms with Crippen molar-refractivity contribution in [1.82, 2.24) is 9.47 Å². The number of ether oxygens (including phenoxy) is 1. The zero-order valence-electron chi connectivity index (χ0n) is 23.4. The van der Waals surface area contributed by atoms with Crippen molar-refractivity contribution in [3.63, 3.8) is 0 Å². The van der Waals surface area contributed by atoms with Crippen LogP contribution >= 0.6 is 0 Å². The molecule has 0 unspecified atom stereocenters. The average Bonchev–Trinajstić information content (AvgIpc) is 2.84. The molecule has 3 aromatic rings. The number of carbonyl (C=O) groups excluding carboxylic acids is 1. The Labute approximate surface area is 225 Å². The maximum Gasteiger partial charge on any atom is 0.411 e. The SMILES string of the molecule is C[C@@H](c1ccc(-c2ccn(CC(C)(C)C)c(=O)c2)cc1)N1CC[C@](CC(C)(C)O)(c2ccccc2)OC1=O. The molecule has 1 aliphatic rings. The maximum absolute atomic E-state index is 13.3. The Morgan fingerprint density at radius 2 is 1.61 bits per heavy atom. The highest BCUT2D eigenvalue weighted by molar-refractivity contribution is 5.70. The van der Waals surface area contributed by atoms with Crippen LogP contribution in [0.4, 0.5) is 4.79 Å². The van der Waals surface area contributed by atoms with Crippen molar-refractivity contribution in [3.05, 3.63) is 94.4 Å². The first-order chi connectivity index (χ1) is 17.8. The molecule has 0 radical (unpaired) electrons. The van der Waals surface area contributed by atoms with Gasteiger partial charge in [0.15, 0.2) is 0 Å². The van der Waals surface area contributed by atoms with E-state index in [1.54, 1.807) is 29.4 Å². The second kappa shape index (κ2) is 10.4. The van der Waals surface area contributed by atoms with E-state index in [2.05, 4.69) is 20.8 Å². The van der Waals surface area contributed by atoms with Gasteiger partial charge in [0.25, 0.3) is 5.56 Å². The summed E-state index contributed by atoms with van der Waals surface area (Å²) in [6, 6.07) is 21.2. The molecule has 1 amide bonds. The first-order valence-electron chi connectivity index (χ1n) is 13.3. The monoisotopic (exact) mass is 516 g/mol. The summed E-state index contributed by atoms with van der Waals surface area (Å²) in [7, 11) is 0. The Hall–Kier alpha value is -3.38. The van der Waals surface area contributed by atoms with Crippen LogP contribution < -0.4 is 5.56 Å². The summed E-state index contributed by atoms with van der Waals surface area (Å²) in [5.41, 5.74) is 1.86. The first kappa shape index (κ1) is 27.6. The Morgan fingerprint density at radius 1 is 0.947 bits per heavy atom. The summed E-state index contributed by atoms with van der Waals surface area (Å²) in [6.45, 7) is 13.0. The third-order valence-corrected chi connectivity index (χ3v) is 7.13. The molecular weight excluding hydrogens is 476 g/mol. The van der Waals surface area contributed by atoms with E-state index in [-0.39, 0.29) is 23.1 Å². The molecule has 1 aliphatic heterocycles. The lowest BCUT2D eigenvalue weighted by Crippen LogP contribution is -2.51. The Kier molecular flexibility index (Phi) is 7.57. The number of aliphatic hydroxyl groups is 1. The standard InChI is InChI=1S/C32H40N2O4/c1-23(24-12-14-25(15-13-24)26-16-18-33(28(35)20-26)22-30(2,3)4)34-19-17-32(38-29(34)36,21-31(5,6)37)27-10-8-7-9-11-27/h7-16,18,20,23,37H,17,19,21-22H2,1-6H3/t23-,32-/m0/s1. The van der Waals surface area contributed by atoms with Crippen LogP contribution in [0, 0.1) is 5.41 Å². The molecule has 0 spiro atoms. The van der Waals surface area contributed by atoms with Crippen molar-refractivity contribution in [2.75, 3.05) is 6.54 Å². The summed E-state index contributed by atoms with van der Waals surface area (Å²) in [6.07, 6.45) is 2.38. The average molecular weight is 517 g/mol. The highest BCUT2D eigenvalue weighted by atomic mass is 16.6. The van der Waals surface area contributed by atoms with Crippen molar-refractivity contribution in [2.24, 2.45) is 5.41 Å². The van der Waals surface area contributed by atoms with E-state index in [4.69, 9.17) is 4.74 Å². The summed E-state index contributed by atoms with van der Waals surface area (Å²) in [4.78, 5) is 27.7. The van der Waals surface area contributed by atoms with E-state index in [9.17, 15) is 14.7 Å². The van der Waals surface area contributed by atoms with Crippen LogP contribution in [0.5, 0.6) is 0 Å². The van der Waals surface area contributed by atoms with Crippen LogP contribution in [0.1, 0.15) is 71.6 Å². The molecular formula is C32H40N2O4. The van der Waals surface area contributed by atoms with Gasteiger partial charge in [0, 0.05) is 38.2 Å². The topological polar surface area (TPSA) is 71.8 Å². The molecule has 2 aromatic carbocycles. The molecule has 1 aromatic heterocycles. The second-order valence-electron chi connectivity index (χ2n) is 12.4. The molecule has 202 valence electrons. The number of amides is 1. The third-order valence-electron chi connectivity index (χ3n) is 7.13. The van der Waals surface area contributed by atoms with Crippen LogP contribution in [0.25, 0.3) is 11.1 Å². The van der Waals surface area contributed by atoms with Gasteiger partial charge in [-0.3, -0.25) is 4.79 Å². The summed E-state index contributed by atoms with van der Waals surface area (Å²) in [5.74, 6) is 0. The van der Waals surface area contributed by atoms with E-state index in [0.29, 0.717) is 25.9 Å². The van der Waals surface area contributed by atoms with Crippen molar-refractivity contribution in [1.29, 1.82) is 0 Å². The fourth-order valence-corrected chi connectivity index (χ4v) is 5.35. The van der Waals surface area contributed by atoms with Gasteiger partial charge in [-0.05, 0) is 54.5 Å². The van der Waals surface area contributed by atoms with Crippen LogP contribution in [-0.2, 0) is 16.9 Å². The quantitative estimate of drug-likeness (QED) is 0.388. The van der Waals surface area contributed by atoms with E-state index in [1.807, 2.05) is 73.8 Å². The normalized spacial score (nSPS) is 19.2. The van der Waals surface area contributed by atoms with Crippen LogP contribution in [0.2, 0.25) is 0 Å². The molecule has 1 N–H and O–H groups in total. The van der Waals surface area contributed by atoms with Gasteiger partial charge in [-0.25, -0.2) is 4.79 Å². The van der Waals surface area contributed by atoms with Gasteiger partial charge < -0.3 is 19.3 Å². The number of hydrogen-bond acceptors (Lipinski definition) is 4. The van der Waals surface area contributed by atoms with Crippen LogP contribution in [0.15, 0.2) is 77.7 Å².